The Kier molecular flexibility index (Phi) is 5.70. The van der Waals surface area contributed by atoms with Gasteiger partial charge in [0.1, 0.15) is 24.6 Å². The molecule has 0 N–H and O–H groups in total. The molecular formula is C22H24O8. The first-order chi connectivity index (χ1) is 14.1. The molecule has 0 amide bonds. The average molecular weight is 416 g/mol. The lowest BCUT2D eigenvalue weighted by Crippen LogP contribution is -2.42. The molecule has 3 rings (SSSR count). The van der Waals surface area contributed by atoms with Crippen LogP contribution >= 0.6 is 0 Å². The first kappa shape index (κ1) is 21.5. The van der Waals surface area contributed by atoms with Gasteiger partial charge in [-0.3, -0.25) is 9.59 Å². The second-order valence-corrected chi connectivity index (χ2v) is 7.72. The van der Waals surface area contributed by atoms with Crippen molar-refractivity contribution in [2.45, 2.75) is 51.9 Å². The quantitative estimate of drug-likeness (QED) is 0.390. The highest BCUT2D eigenvalue weighted by Crippen LogP contribution is 2.42. The Morgan fingerprint density at radius 3 is 2.67 bits per heavy atom. The van der Waals surface area contributed by atoms with Crippen LogP contribution in [0.3, 0.4) is 0 Å². The summed E-state index contributed by atoms with van der Waals surface area (Å²) in [5, 5.41) is 0. The molecule has 0 radical (unpaired) electrons. The number of ketones is 1. The predicted octanol–water partition coefficient (Wildman–Crippen LogP) is 2.10. The Morgan fingerprint density at radius 1 is 1.33 bits per heavy atom. The summed E-state index contributed by atoms with van der Waals surface area (Å²) in [6, 6.07) is 0. The summed E-state index contributed by atoms with van der Waals surface area (Å²) >= 11 is 0. The molecule has 0 aromatic carbocycles. The van der Waals surface area contributed by atoms with Crippen LogP contribution in [-0.2, 0) is 38.1 Å². The van der Waals surface area contributed by atoms with E-state index in [1.54, 1.807) is 32.9 Å². The van der Waals surface area contributed by atoms with Crippen LogP contribution in [0.15, 0.2) is 47.3 Å². The van der Waals surface area contributed by atoms with Gasteiger partial charge in [0.15, 0.2) is 5.60 Å². The van der Waals surface area contributed by atoms with Crippen molar-refractivity contribution in [1.82, 2.24) is 0 Å². The van der Waals surface area contributed by atoms with E-state index in [1.165, 1.54) is 13.0 Å². The van der Waals surface area contributed by atoms with Crippen molar-refractivity contribution in [1.29, 1.82) is 0 Å². The number of rotatable bonds is 4. The van der Waals surface area contributed by atoms with Gasteiger partial charge in [-0.25, -0.2) is 9.59 Å². The van der Waals surface area contributed by atoms with Crippen LogP contribution in [0.2, 0.25) is 0 Å². The van der Waals surface area contributed by atoms with Gasteiger partial charge in [0.05, 0.1) is 5.92 Å². The van der Waals surface area contributed by atoms with Crippen LogP contribution in [0.25, 0.3) is 0 Å². The molecule has 3 heterocycles. The molecule has 8 heteroatoms. The fraction of sp³-hybridized carbons (Fsp3) is 0.455. The first-order valence-electron chi connectivity index (χ1n) is 9.59. The van der Waals surface area contributed by atoms with Crippen molar-refractivity contribution in [3.63, 3.8) is 0 Å². The zero-order valence-corrected chi connectivity index (χ0v) is 17.4. The molecule has 0 unspecified atom stereocenters. The molecule has 3 aliphatic heterocycles. The summed E-state index contributed by atoms with van der Waals surface area (Å²) in [5.41, 5.74) is -0.408. The van der Waals surface area contributed by atoms with Gasteiger partial charge < -0.3 is 18.9 Å². The maximum atomic E-state index is 12.7. The van der Waals surface area contributed by atoms with Gasteiger partial charge in [-0.2, -0.15) is 0 Å². The minimum Gasteiger partial charge on any atom is -0.479 e. The fourth-order valence-corrected chi connectivity index (χ4v) is 3.63. The lowest BCUT2D eigenvalue weighted by molar-refractivity contribution is -0.153. The van der Waals surface area contributed by atoms with Crippen molar-refractivity contribution < 1.29 is 38.1 Å². The third kappa shape index (κ3) is 3.94. The molecule has 8 nitrogen and oxygen atoms in total. The molecule has 3 aliphatic rings. The first-order valence-corrected chi connectivity index (χ1v) is 9.59. The van der Waals surface area contributed by atoms with E-state index in [0.29, 0.717) is 11.1 Å². The van der Waals surface area contributed by atoms with E-state index < -0.39 is 41.6 Å². The number of fused-ring (bicyclic) bond motifs is 3. The van der Waals surface area contributed by atoms with Crippen LogP contribution in [0, 0.1) is 5.92 Å². The maximum Gasteiger partial charge on any atom is 0.334 e. The molecule has 0 aliphatic carbocycles. The third-order valence-electron chi connectivity index (χ3n) is 5.50. The number of hydrogen-bond donors (Lipinski definition) is 0. The van der Waals surface area contributed by atoms with Gasteiger partial charge in [0.2, 0.25) is 5.78 Å². The van der Waals surface area contributed by atoms with E-state index >= 15 is 0 Å². The van der Waals surface area contributed by atoms with Gasteiger partial charge >= 0.3 is 17.9 Å². The molecule has 160 valence electrons. The van der Waals surface area contributed by atoms with Crippen LogP contribution in [0.1, 0.15) is 34.1 Å². The number of esters is 3. The van der Waals surface area contributed by atoms with Gasteiger partial charge in [0.25, 0.3) is 0 Å². The number of ether oxygens (including phenoxy) is 4. The monoisotopic (exact) mass is 416 g/mol. The van der Waals surface area contributed by atoms with E-state index in [-0.39, 0.29) is 30.1 Å². The Bertz CT molecular complexity index is 921. The highest BCUT2D eigenvalue weighted by Gasteiger charge is 2.52. The van der Waals surface area contributed by atoms with E-state index in [0.717, 1.165) is 0 Å². The maximum absolute atomic E-state index is 12.7. The Morgan fingerprint density at radius 2 is 2.03 bits per heavy atom. The van der Waals surface area contributed by atoms with Crippen LogP contribution in [-0.4, -0.2) is 48.1 Å². The zero-order chi connectivity index (χ0) is 22.2. The average Bonchev–Trinajstić information content (AvgIpc) is 3.13. The normalized spacial score (nSPS) is 32.5. The number of allylic oxidation sites excluding steroid dienone is 1. The summed E-state index contributed by atoms with van der Waals surface area (Å²) in [4.78, 5) is 48.8. The van der Waals surface area contributed by atoms with Gasteiger partial charge in [-0.1, -0.05) is 12.7 Å². The van der Waals surface area contributed by atoms with E-state index in [1.807, 2.05) is 0 Å². The summed E-state index contributed by atoms with van der Waals surface area (Å²) in [5.74, 6) is -2.50. The Hall–Kier alpha value is -3.16. The van der Waals surface area contributed by atoms with Gasteiger partial charge in [0, 0.05) is 36.1 Å². The molecule has 0 spiro atoms. The number of hydrogen-bond acceptors (Lipinski definition) is 8. The van der Waals surface area contributed by atoms with Crippen molar-refractivity contribution in [2.24, 2.45) is 5.92 Å². The van der Waals surface area contributed by atoms with Crippen LogP contribution < -0.4 is 0 Å². The lowest BCUT2D eigenvalue weighted by Gasteiger charge is -2.31. The molecule has 1 saturated heterocycles. The number of carbonyl (C=O) groups is 4. The molecule has 4 atom stereocenters. The van der Waals surface area contributed by atoms with Crippen molar-refractivity contribution in [3.8, 4) is 0 Å². The van der Waals surface area contributed by atoms with Crippen LogP contribution in [0.5, 0.6) is 0 Å². The van der Waals surface area contributed by atoms with E-state index in [9.17, 15) is 19.2 Å². The second kappa shape index (κ2) is 7.93. The Labute approximate surface area is 174 Å². The van der Waals surface area contributed by atoms with E-state index in [2.05, 4.69) is 6.58 Å². The summed E-state index contributed by atoms with van der Waals surface area (Å²) in [6.45, 7) is 9.80. The highest BCUT2D eigenvalue weighted by atomic mass is 16.6. The molecule has 30 heavy (non-hydrogen) atoms. The summed E-state index contributed by atoms with van der Waals surface area (Å²) in [6.07, 6.45) is 2.76. The fourth-order valence-electron chi connectivity index (χ4n) is 3.63. The SMILES string of the molecule is C=C1C(=O)O[C@@H]2/C=C(/COC(C)=O)C3=CC(=O)[C@@](C)(C[C@H](OC(=O)/C(C)=C\C)[C@@H]12)O3. The zero-order valence-electron chi connectivity index (χ0n) is 17.4. The predicted molar refractivity (Wildman–Crippen MR) is 104 cm³/mol. The summed E-state index contributed by atoms with van der Waals surface area (Å²) < 4.78 is 22.1. The topological polar surface area (TPSA) is 105 Å². The van der Waals surface area contributed by atoms with Crippen molar-refractivity contribution in [3.05, 3.63) is 47.3 Å². The van der Waals surface area contributed by atoms with Gasteiger partial charge in [-0.15, -0.1) is 0 Å². The number of carbonyl (C=O) groups excluding carboxylic acids is 4. The van der Waals surface area contributed by atoms with Crippen LogP contribution in [0.4, 0.5) is 0 Å². The minimum absolute atomic E-state index is 0.0000791. The second-order valence-electron chi connectivity index (χ2n) is 7.72. The molecule has 0 aromatic rings. The highest BCUT2D eigenvalue weighted by molar-refractivity contribution is 6.00. The largest absolute Gasteiger partial charge is 0.479 e. The summed E-state index contributed by atoms with van der Waals surface area (Å²) in [7, 11) is 0. The smallest absolute Gasteiger partial charge is 0.334 e. The third-order valence-corrected chi connectivity index (χ3v) is 5.50. The minimum atomic E-state index is -1.32. The lowest BCUT2D eigenvalue weighted by atomic mass is 9.82. The Balaban J connectivity index is 2.06. The molecule has 2 bridgehead atoms. The van der Waals surface area contributed by atoms with Crippen molar-refractivity contribution >= 4 is 23.7 Å². The molecule has 0 saturated carbocycles. The molecule has 1 fully saturated rings. The van der Waals surface area contributed by atoms with E-state index in [4.69, 9.17) is 18.9 Å². The van der Waals surface area contributed by atoms with Crippen molar-refractivity contribution in [2.75, 3.05) is 6.61 Å². The standard InChI is InChI=1S/C22H24O8/c1-6-11(2)20(25)29-17-9-22(5)18(24)8-15(30-22)14(10-27-13(4)23)7-16-19(17)12(3)21(26)28-16/h6-8,16-17,19H,3,9-10H2,1-2,4-5H3/b11-6-,14-7-/t16-,17+,19+,22-/m1/s1. The molecule has 0 aromatic heterocycles. The molecular weight excluding hydrogens is 392 g/mol. The van der Waals surface area contributed by atoms with Gasteiger partial charge in [-0.05, 0) is 26.8 Å².